The first kappa shape index (κ1) is 70.1. The van der Waals surface area contributed by atoms with Crippen LogP contribution in [0.4, 0.5) is 15.3 Å². The molecule has 8 amide bonds. The third-order valence-electron chi connectivity index (χ3n) is 20.8. The zero-order valence-corrected chi connectivity index (χ0v) is 55.1. The maximum Gasteiger partial charge on any atom is 0.407 e. The van der Waals surface area contributed by atoms with Gasteiger partial charge in [0, 0.05) is 95.4 Å². The normalized spacial score (nSPS) is 35.1. The Kier molecular flexibility index (Phi) is 23.0. The van der Waals surface area contributed by atoms with Crippen LogP contribution >= 0.6 is 0 Å². The van der Waals surface area contributed by atoms with Gasteiger partial charge >= 0.3 is 12.1 Å². The van der Waals surface area contributed by atoms with E-state index < -0.39 is 84.4 Å². The van der Waals surface area contributed by atoms with E-state index >= 15 is 0 Å². The molecule has 26 heteroatoms. The van der Waals surface area contributed by atoms with E-state index in [1.54, 1.807) is 45.2 Å². The molecule has 0 saturated carbocycles. The lowest BCUT2D eigenvalue weighted by molar-refractivity contribution is -0.292. The maximum absolute atomic E-state index is 14.5. The van der Waals surface area contributed by atoms with Crippen LogP contribution in [0, 0.1) is 17.8 Å². The number of methoxy groups -OCH3 is 1. The number of fused-ring (bicyclic) bond motifs is 6. The van der Waals surface area contributed by atoms with E-state index in [9.17, 15) is 43.5 Å². The highest BCUT2D eigenvalue weighted by Crippen LogP contribution is 2.54. The molecular formula is C69H97N7O19. The van der Waals surface area contributed by atoms with Crippen molar-refractivity contribution in [3.05, 3.63) is 66.3 Å². The van der Waals surface area contributed by atoms with Crippen LogP contribution < -0.4 is 32.3 Å². The number of anilines is 1. The number of primary amides is 1. The SMILES string of the molecule is C=C1CC2CCC34CC5OC6C(OC7CCC(CC(=O)CC8C(CC9OC(CCC1O2)CC(C)C9=C)OC(CC(O)CNC(=O)OCc1ccc(NC(=O)C(CCCNC(N)=O)NC(=O)C(NC(=O)CCCCCN2C(=O)C=CC2=O)C(C)C)cc1)C8OC)OC7C6O3)C5O4. The molecule has 8 N–H and O–H groups in total. The molecule has 21 atom stereocenters. The molecular weight excluding hydrogens is 1230 g/mol. The molecule has 11 heterocycles. The number of imide groups is 1. The van der Waals surface area contributed by atoms with Crippen molar-refractivity contribution in [2.24, 2.45) is 23.5 Å². The van der Waals surface area contributed by atoms with Gasteiger partial charge in [0.1, 0.15) is 55.0 Å². The van der Waals surface area contributed by atoms with E-state index in [-0.39, 0.29) is 161 Å². The number of benzene rings is 1. The number of urea groups is 1. The number of rotatable bonds is 23. The van der Waals surface area contributed by atoms with Crippen LogP contribution in [0.3, 0.4) is 0 Å². The summed E-state index contributed by atoms with van der Waals surface area (Å²) in [6, 6.07) is 3.68. The van der Waals surface area contributed by atoms with Crippen LogP contribution in [0.2, 0.25) is 0 Å². The molecule has 1 aromatic carbocycles. The van der Waals surface area contributed by atoms with Crippen LogP contribution in [0.5, 0.6) is 0 Å². The fourth-order valence-electron chi connectivity index (χ4n) is 15.8. The van der Waals surface area contributed by atoms with Gasteiger partial charge in [-0.25, -0.2) is 9.59 Å². The highest BCUT2D eigenvalue weighted by Gasteiger charge is 2.69. The summed E-state index contributed by atoms with van der Waals surface area (Å²) in [6.07, 6.45) is 4.97. The molecule has 11 aliphatic heterocycles. The van der Waals surface area contributed by atoms with Crippen molar-refractivity contribution in [3.63, 3.8) is 0 Å². The van der Waals surface area contributed by atoms with Crippen molar-refractivity contribution in [2.75, 3.05) is 32.1 Å². The summed E-state index contributed by atoms with van der Waals surface area (Å²) in [4.78, 5) is 104. The molecule has 1 spiro atoms. The lowest BCUT2D eigenvalue weighted by atomic mass is 9.81. The Labute approximate surface area is 554 Å². The zero-order chi connectivity index (χ0) is 67.2. The van der Waals surface area contributed by atoms with Crippen LogP contribution in [-0.2, 0) is 82.7 Å². The van der Waals surface area contributed by atoms with E-state index in [2.05, 4.69) is 46.7 Å². The Hall–Kier alpha value is -6.20. The van der Waals surface area contributed by atoms with E-state index in [0.717, 1.165) is 48.2 Å². The Morgan fingerprint density at radius 1 is 0.747 bits per heavy atom. The van der Waals surface area contributed by atoms with E-state index in [1.807, 2.05) is 0 Å². The number of alkyl carbamates (subject to hydrolysis) is 1. The van der Waals surface area contributed by atoms with Crippen LogP contribution in [0.25, 0.3) is 0 Å². The highest BCUT2D eigenvalue weighted by atomic mass is 16.8. The number of hydrogen-bond donors (Lipinski definition) is 7. The van der Waals surface area contributed by atoms with Crippen molar-refractivity contribution in [3.8, 4) is 0 Å². The Balaban J connectivity index is 0.674. The molecule has 26 nitrogen and oxygen atoms in total. The minimum absolute atomic E-state index is 0.00477. The summed E-state index contributed by atoms with van der Waals surface area (Å²) >= 11 is 0. The number of ether oxygens (including phenoxy) is 10. The standard InChI is InChI=1S/C69H97N7O19/c1-36(2)58(75-55(79)12-8-7-9-26-76-56(80)21-22-57(76)81)66(83)74-48(11-10-25-71-67(70)84)65(82)73-41-15-13-40(14-16-41)35-87-68(85)72-34-43(78)31-53-59(86-6)47-30-42(77)29-45-18-20-50-60(90-45)64-63-62(92-50)61-54(93-63)33-69(94-61,95-64)24-23-46-28-38(4)49(88-46)19-17-44-27-37(3)39(5)51(89-44)32-52(47)91-53/h13-16,21-22,36-37,43-54,58-64,78H,4-5,7-12,17-20,23-35H2,1-3,6H3,(H,72,85)(H,73,82)(H,74,83)(H,75,79)(H3,70,71,84). The Morgan fingerprint density at radius 3 is 2.23 bits per heavy atom. The molecule has 10 fully saturated rings. The molecule has 95 heavy (non-hydrogen) atoms. The average Bonchev–Trinajstić information content (AvgIpc) is 1.55. The zero-order valence-electron chi connectivity index (χ0n) is 55.1. The van der Waals surface area contributed by atoms with E-state index in [1.165, 1.54) is 12.2 Å². The fraction of sp³-hybridized carbons (Fsp3) is 0.710. The number of aliphatic hydroxyl groups excluding tert-OH is 1. The third kappa shape index (κ3) is 17.0. The van der Waals surface area contributed by atoms with Gasteiger partial charge in [0.05, 0.1) is 67.1 Å². The molecule has 12 rings (SSSR count). The second kappa shape index (κ2) is 31.1. The predicted molar refractivity (Wildman–Crippen MR) is 340 cm³/mol. The smallest absolute Gasteiger partial charge is 0.407 e. The minimum atomic E-state index is -1.10. The lowest BCUT2D eigenvalue weighted by Gasteiger charge is -2.47. The summed E-state index contributed by atoms with van der Waals surface area (Å²) in [7, 11) is 1.58. The van der Waals surface area contributed by atoms with Gasteiger partial charge in [-0.15, -0.1) is 0 Å². The molecule has 1 aromatic rings. The Morgan fingerprint density at radius 2 is 1.47 bits per heavy atom. The van der Waals surface area contributed by atoms with Crippen molar-refractivity contribution in [1.82, 2.24) is 26.2 Å². The summed E-state index contributed by atoms with van der Waals surface area (Å²) in [5, 5.41) is 25.0. The second-order valence-electron chi connectivity index (χ2n) is 28.1. The lowest BCUT2D eigenvalue weighted by Crippen LogP contribution is -2.61. The van der Waals surface area contributed by atoms with Gasteiger partial charge in [0.15, 0.2) is 5.79 Å². The first-order chi connectivity index (χ1) is 45.6. The molecule has 10 saturated heterocycles. The summed E-state index contributed by atoms with van der Waals surface area (Å²) in [6.45, 7) is 14.7. The summed E-state index contributed by atoms with van der Waals surface area (Å²) in [5.41, 5.74) is 8.23. The molecule has 21 unspecified atom stereocenters. The number of amides is 8. The van der Waals surface area contributed by atoms with Crippen LogP contribution in [-0.4, -0.2) is 200 Å². The number of unbranched alkanes of at least 4 members (excludes halogenated alkanes) is 2. The van der Waals surface area contributed by atoms with Gasteiger partial charge in [-0.2, -0.15) is 0 Å². The van der Waals surface area contributed by atoms with Crippen LogP contribution in [0.15, 0.2) is 60.7 Å². The first-order valence-electron chi connectivity index (χ1n) is 34.4. The number of nitrogens with zero attached hydrogens (tertiary/aromatic N) is 1. The van der Waals surface area contributed by atoms with Gasteiger partial charge in [0.2, 0.25) is 17.7 Å². The number of nitrogens with two attached hydrogens (primary N) is 1. The molecule has 11 aliphatic rings. The molecule has 0 aliphatic carbocycles. The number of aliphatic hydroxyl groups is 1. The number of carbonyl (C=O) groups excluding carboxylic acids is 8. The predicted octanol–water partition coefficient (Wildman–Crippen LogP) is 4.90. The second-order valence-corrected chi connectivity index (χ2v) is 28.1. The fourth-order valence-corrected chi connectivity index (χ4v) is 15.8. The topological polar surface area (TPSA) is 339 Å². The number of nitrogens with one attached hydrogen (secondary N) is 5. The highest BCUT2D eigenvalue weighted by molar-refractivity contribution is 6.12. The first-order valence-corrected chi connectivity index (χ1v) is 34.4. The monoisotopic (exact) mass is 1330 g/mol. The van der Waals surface area contributed by atoms with Crippen molar-refractivity contribution < 1.29 is 90.8 Å². The van der Waals surface area contributed by atoms with Gasteiger partial charge in [-0.05, 0) is 111 Å². The average molecular weight is 1330 g/mol. The molecule has 0 radical (unpaired) electrons. The van der Waals surface area contributed by atoms with Gasteiger partial charge < -0.3 is 84.8 Å². The summed E-state index contributed by atoms with van der Waals surface area (Å²) in [5.74, 6) is -3.73. The van der Waals surface area contributed by atoms with Gasteiger partial charge in [-0.3, -0.25) is 33.7 Å². The molecule has 522 valence electrons. The molecule has 0 aromatic heterocycles. The number of Topliss-reactive ketones (excluding diaryl/α,β-unsaturated/α-hetero) is 1. The number of ketones is 1. The van der Waals surface area contributed by atoms with Crippen molar-refractivity contribution in [2.45, 2.75) is 265 Å². The third-order valence-corrected chi connectivity index (χ3v) is 20.8. The largest absolute Gasteiger partial charge is 0.445 e. The summed E-state index contributed by atoms with van der Waals surface area (Å²) < 4.78 is 66.3. The van der Waals surface area contributed by atoms with E-state index in [0.29, 0.717) is 62.6 Å². The molecule has 12 bridgehead atoms. The van der Waals surface area contributed by atoms with Crippen molar-refractivity contribution >= 4 is 53.1 Å². The quantitative estimate of drug-likeness (QED) is 0.0435. The van der Waals surface area contributed by atoms with E-state index in [4.69, 9.17) is 53.1 Å². The van der Waals surface area contributed by atoms with Gasteiger partial charge in [-0.1, -0.05) is 52.5 Å². The number of hydrogen-bond acceptors (Lipinski definition) is 19. The van der Waals surface area contributed by atoms with Crippen molar-refractivity contribution in [1.29, 1.82) is 0 Å². The number of carbonyl (C=O) groups is 8. The Bertz CT molecular complexity index is 3000. The maximum atomic E-state index is 14.5. The van der Waals surface area contributed by atoms with Crippen LogP contribution in [0.1, 0.15) is 148 Å². The minimum Gasteiger partial charge on any atom is -0.445 e. The van der Waals surface area contributed by atoms with Gasteiger partial charge in [0.25, 0.3) is 11.8 Å².